The maximum Gasteiger partial charge on any atom is 0.248 e. The van der Waals surface area contributed by atoms with Crippen LogP contribution in [0.5, 0.6) is 5.75 Å². The van der Waals surface area contributed by atoms with Gasteiger partial charge in [0.05, 0.1) is 19.9 Å². The second-order valence-corrected chi connectivity index (χ2v) is 6.99. The number of para-hydroxylation sites is 2. The van der Waals surface area contributed by atoms with Gasteiger partial charge in [-0.15, -0.1) is 0 Å². The first-order valence-electron chi connectivity index (χ1n) is 9.21. The Morgan fingerprint density at radius 3 is 2.89 bits per heavy atom. The second-order valence-electron chi connectivity index (χ2n) is 6.99. The summed E-state index contributed by atoms with van der Waals surface area (Å²) in [6, 6.07) is 6.31. The molecule has 148 valence electrons. The van der Waals surface area contributed by atoms with Crippen LogP contribution >= 0.6 is 0 Å². The van der Waals surface area contributed by atoms with Gasteiger partial charge in [-0.2, -0.15) is 5.10 Å². The Labute approximate surface area is 162 Å². The molecule has 2 aromatic rings. The van der Waals surface area contributed by atoms with Gasteiger partial charge in [-0.1, -0.05) is 12.1 Å². The first kappa shape index (κ1) is 18.5. The number of piperazine rings is 2. The van der Waals surface area contributed by atoms with Crippen molar-refractivity contribution in [3.63, 3.8) is 0 Å². The summed E-state index contributed by atoms with van der Waals surface area (Å²) in [5.41, 5.74) is 1.86. The van der Waals surface area contributed by atoms with E-state index >= 15 is 0 Å². The lowest BCUT2D eigenvalue weighted by Gasteiger charge is -2.44. The van der Waals surface area contributed by atoms with Crippen LogP contribution in [0.15, 0.2) is 36.7 Å². The Morgan fingerprint density at radius 2 is 2.11 bits per heavy atom. The quantitative estimate of drug-likeness (QED) is 0.712. The lowest BCUT2D eigenvalue weighted by atomic mass is 10.0. The monoisotopic (exact) mass is 385 g/mol. The average Bonchev–Trinajstić information content (AvgIpc) is 3.18. The number of nitrogens with zero attached hydrogens (tertiary/aromatic N) is 4. The van der Waals surface area contributed by atoms with Crippen molar-refractivity contribution in [1.82, 2.24) is 24.9 Å². The molecule has 2 fully saturated rings. The van der Waals surface area contributed by atoms with E-state index in [1.54, 1.807) is 22.9 Å². The van der Waals surface area contributed by atoms with Crippen molar-refractivity contribution in [3.8, 4) is 11.4 Å². The zero-order chi connectivity index (χ0) is 19.7. The molecule has 0 radical (unpaired) electrons. The topological polar surface area (TPSA) is 99.9 Å². The number of aliphatic hydroxyl groups is 1. The van der Waals surface area contributed by atoms with Crippen LogP contribution in [-0.2, 0) is 16.1 Å². The Hall–Kier alpha value is -2.91. The smallest absolute Gasteiger partial charge is 0.248 e. The molecule has 2 aliphatic heterocycles. The van der Waals surface area contributed by atoms with Gasteiger partial charge in [0.2, 0.25) is 11.8 Å². The molecule has 9 nitrogen and oxygen atoms in total. The summed E-state index contributed by atoms with van der Waals surface area (Å²) >= 11 is 0. The molecular weight excluding hydrogens is 362 g/mol. The molecule has 1 aromatic carbocycles. The highest BCUT2D eigenvalue weighted by molar-refractivity contribution is 5.97. The van der Waals surface area contributed by atoms with Crippen LogP contribution in [-0.4, -0.2) is 81.9 Å². The lowest BCUT2D eigenvalue weighted by molar-refractivity contribution is -0.154. The number of methoxy groups -OCH3 is 1. The highest BCUT2D eigenvalue weighted by Gasteiger charge is 2.43. The maximum absolute atomic E-state index is 12.3. The average molecular weight is 385 g/mol. The van der Waals surface area contributed by atoms with Gasteiger partial charge in [0.25, 0.3) is 0 Å². The van der Waals surface area contributed by atoms with Crippen LogP contribution in [0.1, 0.15) is 5.56 Å². The molecule has 0 saturated carbocycles. The van der Waals surface area contributed by atoms with Crippen LogP contribution in [0.2, 0.25) is 0 Å². The summed E-state index contributed by atoms with van der Waals surface area (Å²) in [4.78, 5) is 28.4. The molecule has 0 unspecified atom stereocenters. The van der Waals surface area contributed by atoms with Crippen molar-refractivity contribution in [1.29, 1.82) is 0 Å². The minimum Gasteiger partial charge on any atom is -0.494 e. The van der Waals surface area contributed by atoms with Gasteiger partial charge < -0.3 is 20.1 Å². The maximum atomic E-state index is 12.3. The summed E-state index contributed by atoms with van der Waals surface area (Å²) in [7, 11) is 1.63. The van der Waals surface area contributed by atoms with E-state index < -0.39 is 12.1 Å². The predicted molar refractivity (Wildman–Crippen MR) is 99.9 cm³/mol. The van der Waals surface area contributed by atoms with Gasteiger partial charge in [-0.25, -0.2) is 4.68 Å². The van der Waals surface area contributed by atoms with Crippen LogP contribution in [0, 0.1) is 0 Å². The standard InChI is InChI=1S/C19H23N5O4/c1-28-17-5-3-2-4-15(17)24-10-13(8-20-24)9-22-6-7-23-16(11-22)18(26)21-14(12-25)19(23)27/h2-5,8,10,14,16,25H,6-7,9,11-12H2,1H3,(H,21,26)/t14-,16-/m1/s1. The van der Waals surface area contributed by atoms with E-state index in [0.717, 1.165) is 17.0 Å². The summed E-state index contributed by atoms with van der Waals surface area (Å²) < 4.78 is 7.16. The third kappa shape index (κ3) is 3.34. The van der Waals surface area contributed by atoms with Crippen molar-refractivity contribution in [3.05, 3.63) is 42.2 Å². The zero-order valence-corrected chi connectivity index (χ0v) is 15.6. The van der Waals surface area contributed by atoms with E-state index in [-0.39, 0.29) is 18.4 Å². The number of rotatable bonds is 5. The van der Waals surface area contributed by atoms with E-state index in [0.29, 0.717) is 26.2 Å². The number of fused-ring (bicyclic) bond motifs is 1. The van der Waals surface area contributed by atoms with Crippen molar-refractivity contribution < 1.29 is 19.4 Å². The first-order chi connectivity index (χ1) is 13.6. The minimum atomic E-state index is -0.825. The molecule has 2 amide bonds. The number of aliphatic hydroxyl groups excluding tert-OH is 1. The number of nitrogens with one attached hydrogen (secondary N) is 1. The number of carbonyl (C=O) groups excluding carboxylic acids is 2. The fraction of sp³-hybridized carbons (Fsp3) is 0.421. The van der Waals surface area contributed by atoms with Gasteiger partial charge in [0.15, 0.2) is 0 Å². The number of amides is 2. The highest BCUT2D eigenvalue weighted by Crippen LogP contribution is 2.22. The van der Waals surface area contributed by atoms with Crippen molar-refractivity contribution >= 4 is 11.8 Å². The highest BCUT2D eigenvalue weighted by atomic mass is 16.5. The van der Waals surface area contributed by atoms with E-state index in [1.165, 1.54) is 0 Å². The molecule has 2 atom stereocenters. The van der Waals surface area contributed by atoms with Crippen LogP contribution in [0.25, 0.3) is 5.69 Å². The molecule has 4 rings (SSSR count). The molecule has 0 aliphatic carbocycles. The second kappa shape index (κ2) is 7.61. The fourth-order valence-corrected chi connectivity index (χ4v) is 3.78. The third-order valence-corrected chi connectivity index (χ3v) is 5.22. The molecule has 2 saturated heterocycles. The summed E-state index contributed by atoms with van der Waals surface area (Å²) in [5, 5.41) is 16.3. The molecule has 3 heterocycles. The summed E-state index contributed by atoms with van der Waals surface area (Å²) in [6.45, 7) is 1.83. The molecular formula is C19H23N5O4. The lowest BCUT2D eigenvalue weighted by Crippen LogP contribution is -2.69. The number of hydrogen-bond acceptors (Lipinski definition) is 6. The predicted octanol–water partition coefficient (Wildman–Crippen LogP) is -0.616. The van der Waals surface area contributed by atoms with Crippen molar-refractivity contribution in [2.24, 2.45) is 0 Å². The molecule has 9 heteroatoms. The van der Waals surface area contributed by atoms with Crippen molar-refractivity contribution in [2.75, 3.05) is 33.4 Å². The van der Waals surface area contributed by atoms with E-state index in [1.807, 2.05) is 30.5 Å². The zero-order valence-electron chi connectivity index (χ0n) is 15.6. The molecule has 2 N–H and O–H groups in total. The number of aromatic nitrogens is 2. The molecule has 0 spiro atoms. The summed E-state index contributed by atoms with van der Waals surface area (Å²) in [5.74, 6) is 0.311. The number of benzene rings is 1. The third-order valence-electron chi connectivity index (χ3n) is 5.22. The summed E-state index contributed by atoms with van der Waals surface area (Å²) in [6.07, 6.45) is 3.74. The fourth-order valence-electron chi connectivity index (χ4n) is 3.78. The van der Waals surface area contributed by atoms with Crippen LogP contribution < -0.4 is 10.1 Å². The number of ether oxygens (including phenoxy) is 1. The van der Waals surface area contributed by atoms with Crippen LogP contribution in [0.4, 0.5) is 0 Å². The Morgan fingerprint density at radius 1 is 1.29 bits per heavy atom. The molecule has 0 bridgehead atoms. The van der Waals surface area contributed by atoms with Gasteiger partial charge in [-0.3, -0.25) is 14.5 Å². The largest absolute Gasteiger partial charge is 0.494 e. The molecule has 28 heavy (non-hydrogen) atoms. The van der Waals surface area contributed by atoms with E-state index in [2.05, 4.69) is 15.3 Å². The van der Waals surface area contributed by atoms with Crippen molar-refractivity contribution in [2.45, 2.75) is 18.6 Å². The van der Waals surface area contributed by atoms with Gasteiger partial charge >= 0.3 is 0 Å². The van der Waals surface area contributed by atoms with E-state index in [4.69, 9.17) is 4.74 Å². The Bertz CT molecular complexity index is 883. The van der Waals surface area contributed by atoms with Gasteiger partial charge in [-0.05, 0) is 12.1 Å². The molecule has 2 aliphatic rings. The SMILES string of the molecule is COc1ccccc1-n1cc(CN2CCN3C(=O)[C@@H](CO)NC(=O)[C@H]3C2)cn1. The minimum absolute atomic E-state index is 0.212. The Balaban J connectivity index is 1.45. The Kier molecular flexibility index (Phi) is 5.01. The normalized spacial score (nSPS) is 22.7. The van der Waals surface area contributed by atoms with Gasteiger partial charge in [0.1, 0.15) is 23.5 Å². The van der Waals surface area contributed by atoms with Gasteiger partial charge in [0, 0.05) is 37.9 Å². The number of hydrogen-bond donors (Lipinski definition) is 2. The van der Waals surface area contributed by atoms with Crippen LogP contribution in [0.3, 0.4) is 0 Å². The van der Waals surface area contributed by atoms with E-state index in [9.17, 15) is 14.7 Å². The number of carbonyl (C=O) groups is 2. The first-order valence-corrected chi connectivity index (χ1v) is 9.21. The molecule has 1 aromatic heterocycles.